The van der Waals surface area contributed by atoms with Crippen molar-refractivity contribution in [2.75, 3.05) is 23.0 Å². The summed E-state index contributed by atoms with van der Waals surface area (Å²) in [7, 11) is -2.45. The SMILES string of the molecule is CCC(C(=O)Nc1ccc2c(c1)sc(=O)n2CC)N(c1cc(Cl)ccc1OC)S(C)(=O)=O. The van der Waals surface area contributed by atoms with Crippen molar-refractivity contribution in [1.29, 1.82) is 0 Å². The van der Waals surface area contributed by atoms with E-state index >= 15 is 0 Å². The molecule has 0 spiro atoms. The zero-order chi connectivity index (χ0) is 23.6. The first-order valence-corrected chi connectivity index (χ1v) is 12.9. The Labute approximate surface area is 195 Å². The lowest BCUT2D eigenvalue weighted by molar-refractivity contribution is -0.117. The average Bonchev–Trinajstić information content (AvgIpc) is 3.04. The van der Waals surface area contributed by atoms with Gasteiger partial charge >= 0.3 is 4.87 Å². The van der Waals surface area contributed by atoms with Crippen LogP contribution in [0.5, 0.6) is 5.75 Å². The average molecular weight is 498 g/mol. The molecular weight excluding hydrogens is 474 g/mol. The number of sulfonamides is 1. The number of hydrogen-bond acceptors (Lipinski definition) is 6. The minimum atomic E-state index is -3.87. The summed E-state index contributed by atoms with van der Waals surface area (Å²) < 4.78 is 34.2. The molecule has 1 N–H and O–H groups in total. The Morgan fingerprint density at radius 2 is 1.97 bits per heavy atom. The number of nitrogens with one attached hydrogen (secondary N) is 1. The van der Waals surface area contributed by atoms with Gasteiger partial charge in [-0.1, -0.05) is 29.9 Å². The molecule has 32 heavy (non-hydrogen) atoms. The van der Waals surface area contributed by atoms with Gasteiger partial charge in [-0.2, -0.15) is 0 Å². The quantitative estimate of drug-likeness (QED) is 0.508. The number of rotatable bonds is 8. The second kappa shape index (κ2) is 9.51. The highest BCUT2D eigenvalue weighted by Gasteiger charge is 2.33. The first kappa shape index (κ1) is 24.1. The second-order valence-electron chi connectivity index (χ2n) is 7.08. The lowest BCUT2D eigenvalue weighted by atomic mass is 10.1. The van der Waals surface area contributed by atoms with E-state index in [0.717, 1.165) is 32.1 Å². The van der Waals surface area contributed by atoms with Crippen LogP contribution in [-0.2, 0) is 21.4 Å². The van der Waals surface area contributed by atoms with E-state index in [9.17, 15) is 18.0 Å². The zero-order valence-electron chi connectivity index (χ0n) is 18.1. The number of anilines is 2. The van der Waals surface area contributed by atoms with Gasteiger partial charge in [0.2, 0.25) is 15.9 Å². The van der Waals surface area contributed by atoms with Gasteiger partial charge in [-0.3, -0.25) is 18.5 Å². The minimum absolute atomic E-state index is 0.0753. The molecule has 172 valence electrons. The summed E-state index contributed by atoms with van der Waals surface area (Å²) in [5.41, 5.74) is 1.43. The van der Waals surface area contributed by atoms with E-state index in [0.29, 0.717) is 17.3 Å². The van der Waals surface area contributed by atoms with E-state index in [4.69, 9.17) is 16.3 Å². The number of carbonyl (C=O) groups is 1. The molecule has 3 aromatic rings. The molecule has 0 aliphatic carbocycles. The topological polar surface area (TPSA) is 97.7 Å². The number of methoxy groups -OCH3 is 1. The van der Waals surface area contributed by atoms with Crippen LogP contribution in [0.1, 0.15) is 20.3 Å². The van der Waals surface area contributed by atoms with E-state index in [1.54, 1.807) is 41.8 Å². The van der Waals surface area contributed by atoms with Crippen LogP contribution in [0.25, 0.3) is 10.2 Å². The number of halogens is 1. The number of fused-ring (bicyclic) bond motifs is 1. The van der Waals surface area contributed by atoms with Crippen LogP contribution in [-0.4, -0.2) is 38.3 Å². The summed E-state index contributed by atoms with van der Waals surface area (Å²) >= 11 is 7.19. The smallest absolute Gasteiger partial charge is 0.308 e. The normalized spacial score (nSPS) is 12.5. The number of amides is 1. The number of nitrogens with zero attached hydrogens (tertiary/aromatic N) is 2. The summed E-state index contributed by atoms with van der Waals surface area (Å²) in [4.78, 5) is 25.2. The van der Waals surface area contributed by atoms with E-state index in [1.165, 1.54) is 13.2 Å². The van der Waals surface area contributed by atoms with E-state index in [1.807, 2.05) is 6.92 Å². The highest BCUT2D eigenvalue weighted by atomic mass is 35.5. The fourth-order valence-corrected chi connectivity index (χ4v) is 5.91. The van der Waals surface area contributed by atoms with Crippen LogP contribution in [0.4, 0.5) is 11.4 Å². The van der Waals surface area contributed by atoms with Crippen LogP contribution in [0, 0.1) is 0 Å². The Morgan fingerprint density at radius 3 is 2.56 bits per heavy atom. The van der Waals surface area contributed by atoms with Crippen LogP contribution < -0.4 is 19.2 Å². The summed E-state index contributed by atoms with van der Waals surface area (Å²) in [6.45, 7) is 4.15. The summed E-state index contributed by atoms with van der Waals surface area (Å²) in [5.74, 6) is -0.236. The number of benzene rings is 2. The number of aryl methyl sites for hydroxylation is 1. The van der Waals surface area contributed by atoms with Gasteiger partial charge in [-0.25, -0.2) is 8.42 Å². The largest absolute Gasteiger partial charge is 0.495 e. The molecular formula is C21H24ClN3O5S2. The molecule has 0 bridgehead atoms. The molecule has 1 amide bonds. The highest BCUT2D eigenvalue weighted by Crippen LogP contribution is 2.35. The van der Waals surface area contributed by atoms with E-state index in [-0.39, 0.29) is 22.7 Å². The molecule has 1 heterocycles. The molecule has 0 radical (unpaired) electrons. The third-order valence-corrected chi connectivity index (χ3v) is 7.30. The molecule has 0 fully saturated rings. The molecule has 0 aliphatic rings. The number of carbonyl (C=O) groups excluding carboxylic acids is 1. The van der Waals surface area contributed by atoms with Crippen LogP contribution in [0.2, 0.25) is 5.02 Å². The van der Waals surface area contributed by atoms with Gasteiger partial charge in [-0.05, 0) is 49.7 Å². The van der Waals surface area contributed by atoms with Crippen LogP contribution >= 0.6 is 22.9 Å². The fraction of sp³-hybridized carbons (Fsp3) is 0.333. The van der Waals surface area contributed by atoms with E-state index < -0.39 is 22.0 Å². The molecule has 0 saturated heterocycles. The molecule has 1 atom stereocenters. The summed E-state index contributed by atoms with van der Waals surface area (Å²) in [6.07, 6.45) is 1.23. The molecule has 0 aliphatic heterocycles. The number of ether oxygens (including phenoxy) is 1. The Morgan fingerprint density at radius 1 is 1.25 bits per heavy atom. The fourth-order valence-electron chi connectivity index (χ4n) is 3.54. The minimum Gasteiger partial charge on any atom is -0.495 e. The Kier molecular flexibility index (Phi) is 7.16. The number of aromatic nitrogens is 1. The molecule has 1 aromatic heterocycles. The van der Waals surface area contributed by atoms with Gasteiger partial charge in [-0.15, -0.1) is 0 Å². The first-order valence-electron chi connectivity index (χ1n) is 9.87. The molecule has 3 rings (SSSR count). The second-order valence-corrected chi connectivity index (χ2v) is 10.4. The maximum absolute atomic E-state index is 13.2. The van der Waals surface area contributed by atoms with Crippen molar-refractivity contribution in [3.05, 3.63) is 51.1 Å². The monoisotopic (exact) mass is 497 g/mol. The van der Waals surface area contributed by atoms with Crippen LogP contribution in [0.15, 0.2) is 41.2 Å². The lowest BCUT2D eigenvalue weighted by Crippen LogP contribution is -2.47. The van der Waals surface area contributed by atoms with Crippen molar-refractivity contribution in [3.63, 3.8) is 0 Å². The van der Waals surface area contributed by atoms with Gasteiger partial charge in [0, 0.05) is 17.3 Å². The molecule has 0 saturated carbocycles. The summed E-state index contributed by atoms with van der Waals surface area (Å²) in [6, 6.07) is 8.70. The van der Waals surface area contributed by atoms with Crippen molar-refractivity contribution in [3.8, 4) is 5.75 Å². The van der Waals surface area contributed by atoms with Crippen molar-refractivity contribution < 1.29 is 17.9 Å². The van der Waals surface area contributed by atoms with Gasteiger partial charge in [0.15, 0.2) is 0 Å². The standard InChI is InChI=1S/C21H24ClN3O5S2/c1-5-15(25(32(4,28)29)17-11-13(22)7-10-18(17)30-3)20(26)23-14-8-9-16-19(12-14)31-21(27)24(16)6-2/h7-12,15H,5-6H2,1-4H3,(H,23,26). The van der Waals surface area contributed by atoms with Crippen molar-refractivity contribution >= 4 is 60.5 Å². The van der Waals surface area contributed by atoms with E-state index in [2.05, 4.69) is 5.32 Å². The lowest BCUT2D eigenvalue weighted by Gasteiger charge is -2.31. The maximum atomic E-state index is 13.2. The van der Waals surface area contributed by atoms with Crippen LogP contribution in [0.3, 0.4) is 0 Å². The van der Waals surface area contributed by atoms with Crippen molar-refractivity contribution in [1.82, 2.24) is 4.57 Å². The highest BCUT2D eigenvalue weighted by molar-refractivity contribution is 7.92. The molecule has 8 nitrogen and oxygen atoms in total. The van der Waals surface area contributed by atoms with Gasteiger partial charge < -0.3 is 10.1 Å². The molecule has 11 heteroatoms. The third kappa shape index (κ3) is 4.77. The summed E-state index contributed by atoms with van der Waals surface area (Å²) in [5, 5.41) is 3.09. The van der Waals surface area contributed by atoms with Crippen molar-refractivity contribution in [2.24, 2.45) is 0 Å². The van der Waals surface area contributed by atoms with Crippen molar-refractivity contribution in [2.45, 2.75) is 32.9 Å². The zero-order valence-corrected chi connectivity index (χ0v) is 20.5. The Hall–Kier alpha value is -2.56. The first-order chi connectivity index (χ1) is 15.1. The Bertz CT molecular complexity index is 1320. The predicted octanol–water partition coefficient (Wildman–Crippen LogP) is 3.93. The maximum Gasteiger partial charge on any atom is 0.308 e. The predicted molar refractivity (Wildman–Crippen MR) is 130 cm³/mol. The third-order valence-electron chi connectivity index (χ3n) is 4.96. The van der Waals surface area contributed by atoms with Gasteiger partial charge in [0.05, 0.1) is 29.3 Å². The Balaban J connectivity index is 2.00. The molecule has 1 unspecified atom stereocenters. The number of hydrogen-bond donors (Lipinski definition) is 1. The van der Waals surface area contributed by atoms with Gasteiger partial charge in [0.25, 0.3) is 0 Å². The molecule has 2 aromatic carbocycles. The van der Waals surface area contributed by atoms with Gasteiger partial charge in [0.1, 0.15) is 11.8 Å². The number of thiazole rings is 1.